The van der Waals surface area contributed by atoms with Gasteiger partial charge in [0.1, 0.15) is 11.6 Å². The van der Waals surface area contributed by atoms with Crippen molar-refractivity contribution in [2.75, 3.05) is 24.4 Å². The van der Waals surface area contributed by atoms with E-state index in [0.717, 1.165) is 28.9 Å². The highest BCUT2D eigenvalue weighted by atomic mass is 35.5. The van der Waals surface area contributed by atoms with Crippen LogP contribution in [0, 0.1) is 0 Å². The van der Waals surface area contributed by atoms with Crippen LogP contribution in [0.25, 0.3) is 10.8 Å². The number of benzene rings is 1. The average molecular weight is 279 g/mol. The number of methoxy groups -OCH3 is 1. The zero-order valence-electron chi connectivity index (χ0n) is 11.6. The molecular weight excluding hydrogens is 260 g/mol. The molecule has 0 N–H and O–H groups in total. The van der Waals surface area contributed by atoms with Crippen LogP contribution in [0.2, 0.25) is 0 Å². The van der Waals surface area contributed by atoms with E-state index in [1.807, 2.05) is 24.4 Å². The standard InChI is InChI=1S/C15H19ClN2O/c1-11(2)18(9-7-16)15-14-10-13(19-3)5-4-12(14)6-8-17-15/h4-6,8,10-11H,7,9H2,1-3H3. The number of hydrogen-bond acceptors (Lipinski definition) is 3. The van der Waals surface area contributed by atoms with Gasteiger partial charge < -0.3 is 9.64 Å². The van der Waals surface area contributed by atoms with Gasteiger partial charge in [-0.25, -0.2) is 4.98 Å². The fourth-order valence-electron chi connectivity index (χ4n) is 2.19. The van der Waals surface area contributed by atoms with Crippen molar-refractivity contribution >= 4 is 28.2 Å². The summed E-state index contributed by atoms with van der Waals surface area (Å²) in [6.07, 6.45) is 1.84. The van der Waals surface area contributed by atoms with Crippen molar-refractivity contribution in [3.8, 4) is 5.75 Å². The highest BCUT2D eigenvalue weighted by Gasteiger charge is 2.14. The van der Waals surface area contributed by atoms with E-state index >= 15 is 0 Å². The molecule has 0 aliphatic heterocycles. The van der Waals surface area contributed by atoms with Crippen LogP contribution in [0.4, 0.5) is 5.82 Å². The van der Waals surface area contributed by atoms with E-state index in [1.165, 1.54) is 0 Å². The molecule has 1 heterocycles. The van der Waals surface area contributed by atoms with Crippen LogP contribution in [0.5, 0.6) is 5.75 Å². The molecule has 2 aromatic rings. The second kappa shape index (κ2) is 6.11. The van der Waals surface area contributed by atoms with Crippen LogP contribution in [0.3, 0.4) is 0 Å². The maximum absolute atomic E-state index is 5.91. The Hall–Kier alpha value is -1.48. The second-order valence-corrected chi connectivity index (χ2v) is 5.08. The molecular formula is C15H19ClN2O. The Morgan fingerprint density at radius 3 is 2.74 bits per heavy atom. The molecule has 0 radical (unpaired) electrons. The number of rotatable bonds is 5. The van der Waals surface area contributed by atoms with E-state index < -0.39 is 0 Å². The quantitative estimate of drug-likeness (QED) is 0.780. The molecule has 1 aromatic heterocycles. The minimum atomic E-state index is 0.350. The first-order valence-corrected chi connectivity index (χ1v) is 6.96. The Labute approximate surface area is 119 Å². The first-order valence-electron chi connectivity index (χ1n) is 6.42. The van der Waals surface area contributed by atoms with Crippen molar-refractivity contribution in [3.05, 3.63) is 30.5 Å². The lowest BCUT2D eigenvalue weighted by Crippen LogP contribution is -2.33. The minimum Gasteiger partial charge on any atom is -0.497 e. The molecule has 0 aliphatic rings. The molecule has 19 heavy (non-hydrogen) atoms. The molecule has 3 nitrogen and oxygen atoms in total. The third-order valence-corrected chi connectivity index (χ3v) is 3.34. The molecule has 0 aliphatic carbocycles. The molecule has 0 atom stereocenters. The van der Waals surface area contributed by atoms with E-state index in [2.05, 4.69) is 29.8 Å². The monoisotopic (exact) mass is 278 g/mol. The number of alkyl halides is 1. The summed E-state index contributed by atoms with van der Waals surface area (Å²) in [7, 11) is 1.68. The number of pyridine rings is 1. The SMILES string of the molecule is COc1ccc2ccnc(N(CCCl)C(C)C)c2c1. The van der Waals surface area contributed by atoms with Crippen LogP contribution < -0.4 is 9.64 Å². The van der Waals surface area contributed by atoms with Gasteiger partial charge in [-0.05, 0) is 37.4 Å². The van der Waals surface area contributed by atoms with Crippen LogP contribution in [-0.2, 0) is 0 Å². The summed E-state index contributed by atoms with van der Waals surface area (Å²) in [6.45, 7) is 5.07. The predicted molar refractivity (Wildman–Crippen MR) is 81.5 cm³/mol. The van der Waals surface area contributed by atoms with Gasteiger partial charge in [0.15, 0.2) is 0 Å². The van der Waals surface area contributed by atoms with E-state index in [0.29, 0.717) is 11.9 Å². The molecule has 0 spiro atoms. The minimum absolute atomic E-state index is 0.350. The van der Waals surface area contributed by atoms with Gasteiger partial charge in [-0.3, -0.25) is 0 Å². The van der Waals surface area contributed by atoms with Gasteiger partial charge in [-0.1, -0.05) is 6.07 Å². The summed E-state index contributed by atoms with van der Waals surface area (Å²) >= 11 is 5.91. The van der Waals surface area contributed by atoms with Gasteiger partial charge in [0.25, 0.3) is 0 Å². The summed E-state index contributed by atoms with van der Waals surface area (Å²) in [5, 5.41) is 2.26. The number of anilines is 1. The summed E-state index contributed by atoms with van der Waals surface area (Å²) in [5.74, 6) is 2.39. The lowest BCUT2D eigenvalue weighted by Gasteiger charge is -2.28. The largest absolute Gasteiger partial charge is 0.497 e. The smallest absolute Gasteiger partial charge is 0.136 e. The Morgan fingerprint density at radius 2 is 2.11 bits per heavy atom. The lowest BCUT2D eigenvalue weighted by atomic mass is 10.1. The van der Waals surface area contributed by atoms with E-state index in [4.69, 9.17) is 16.3 Å². The van der Waals surface area contributed by atoms with Crippen molar-refractivity contribution < 1.29 is 4.74 Å². The number of ether oxygens (including phenoxy) is 1. The van der Waals surface area contributed by atoms with Crippen LogP contribution >= 0.6 is 11.6 Å². The van der Waals surface area contributed by atoms with Crippen molar-refractivity contribution in [2.45, 2.75) is 19.9 Å². The zero-order chi connectivity index (χ0) is 13.8. The third-order valence-electron chi connectivity index (χ3n) is 3.17. The fourth-order valence-corrected chi connectivity index (χ4v) is 2.37. The number of hydrogen-bond donors (Lipinski definition) is 0. The highest BCUT2D eigenvalue weighted by Crippen LogP contribution is 2.29. The Morgan fingerprint density at radius 1 is 1.32 bits per heavy atom. The summed E-state index contributed by atoms with van der Waals surface area (Å²) in [4.78, 5) is 6.75. The molecule has 0 fully saturated rings. The molecule has 0 unspecified atom stereocenters. The van der Waals surface area contributed by atoms with E-state index in [9.17, 15) is 0 Å². The maximum Gasteiger partial charge on any atom is 0.136 e. The van der Waals surface area contributed by atoms with Gasteiger partial charge in [-0.15, -0.1) is 11.6 Å². The molecule has 102 valence electrons. The van der Waals surface area contributed by atoms with Crippen molar-refractivity contribution in [1.82, 2.24) is 4.98 Å². The number of aromatic nitrogens is 1. The molecule has 0 saturated carbocycles. The van der Waals surface area contributed by atoms with Gasteiger partial charge in [0.05, 0.1) is 7.11 Å². The molecule has 0 bridgehead atoms. The summed E-state index contributed by atoms with van der Waals surface area (Å²) in [6, 6.07) is 8.41. The Kier molecular flexibility index (Phi) is 4.48. The molecule has 0 saturated heterocycles. The number of fused-ring (bicyclic) bond motifs is 1. The highest BCUT2D eigenvalue weighted by molar-refractivity contribution is 6.18. The summed E-state index contributed by atoms with van der Waals surface area (Å²) < 4.78 is 5.31. The summed E-state index contributed by atoms with van der Waals surface area (Å²) in [5.41, 5.74) is 0. The van der Waals surface area contributed by atoms with E-state index in [1.54, 1.807) is 7.11 Å². The van der Waals surface area contributed by atoms with Crippen molar-refractivity contribution in [1.29, 1.82) is 0 Å². The zero-order valence-corrected chi connectivity index (χ0v) is 12.3. The van der Waals surface area contributed by atoms with Gasteiger partial charge in [-0.2, -0.15) is 0 Å². The van der Waals surface area contributed by atoms with Crippen LogP contribution in [-0.4, -0.2) is 30.6 Å². The number of halogens is 1. The first-order chi connectivity index (χ1) is 9.17. The number of nitrogens with zero attached hydrogens (tertiary/aromatic N) is 2. The molecule has 0 amide bonds. The predicted octanol–water partition coefficient (Wildman–Crippen LogP) is 3.70. The van der Waals surface area contributed by atoms with Gasteiger partial charge in [0, 0.05) is 30.0 Å². The maximum atomic E-state index is 5.91. The van der Waals surface area contributed by atoms with Gasteiger partial charge >= 0.3 is 0 Å². The Balaban J connectivity index is 2.57. The van der Waals surface area contributed by atoms with Crippen molar-refractivity contribution in [3.63, 3.8) is 0 Å². The lowest BCUT2D eigenvalue weighted by molar-refractivity contribution is 0.415. The van der Waals surface area contributed by atoms with Crippen molar-refractivity contribution in [2.24, 2.45) is 0 Å². The molecule has 1 aromatic carbocycles. The second-order valence-electron chi connectivity index (χ2n) is 4.70. The van der Waals surface area contributed by atoms with Crippen LogP contribution in [0.15, 0.2) is 30.5 Å². The normalized spacial score (nSPS) is 11.0. The topological polar surface area (TPSA) is 25.4 Å². The van der Waals surface area contributed by atoms with Gasteiger partial charge in [0.2, 0.25) is 0 Å². The van der Waals surface area contributed by atoms with Crippen LogP contribution in [0.1, 0.15) is 13.8 Å². The first kappa shape index (κ1) is 13.9. The Bertz CT molecular complexity index is 557. The fraction of sp³-hybridized carbons (Fsp3) is 0.400. The van der Waals surface area contributed by atoms with E-state index in [-0.39, 0.29) is 0 Å². The molecule has 4 heteroatoms. The molecule has 2 rings (SSSR count). The average Bonchev–Trinajstić information content (AvgIpc) is 2.43. The third kappa shape index (κ3) is 2.92.